The Balaban J connectivity index is 1.48. The summed E-state index contributed by atoms with van der Waals surface area (Å²) in [7, 11) is 0. The Kier molecular flexibility index (Phi) is 4.38. The third-order valence-corrected chi connectivity index (χ3v) is 4.11. The highest BCUT2D eigenvalue weighted by Crippen LogP contribution is 2.27. The Morgan fingerprint density at radius 3 is 2.81 bits per heavy atom. The van der Waals surface area contributed by atoms with Crippen molar-refractivity contribution in [1.29, 1.82) is 0 Å². The van der Waals surface area contributed by atoms with Crippen LogP contribution in [-0.4, -0.2) is 27.3 Å². The average Bonchev–Trinajstić information content (AvgIpc) is 3.31. The van der Waals surface area contributed by atoms with E-state index in [-0.39, 0.29) is 12.5 Å². The Bertz CT molecular complexity index is 1010. The lowest BCUT2D eigenvalue weighted by atomic mass is 10.2. The number of anilines is 1. The summed E-state index contributed by atoms with van der Waals surface area (Å²) in [5.41, 5.74) is 2.92. The zero-order valence-electron chi connectivity index (χ0n) is 14.1. The quantitative estimate of drug-likeness (QED) is 0.562. The minimum atomic E-state index is -0.230. The Labute approximate surface area is 150 Å². The molecule has 0 bridgehead atoms. The van der Waals surface area contributed by atoms with E-state index >= 15 is 0 Å². The summed E-state index contributed by atoms with van der Waals surface area (Å²) in [6.45, 7) is 0.725. The largest absolute Gasteiger partial charge is 0.483 e. The number of rotatable bonds is 6. The molecule has 2 N–H and O–H groups in total. The smallest absolute Gasteiger partial charge is 0.262 e. The first-order valence-corrected chi connectivity index (χ1v) is 8.33. The van der Waals surface area contributed by atoms with Crippen molar-refractivity contribution in [2.45, 2.75) is 6.54 Å². The van der Waals surface area contributed by atoms with Crippen molar-refractivity contribution in [3.63, 3.8) is 0 Å². The van der Waals surface area contributed by atoms with Gasteiger partial charge in [-0.2, -0.15) is 5.10 Å². The average molecular weight is 346 g/mol. The Morgan fingerprint density at radius 2 is 2.00 bits per heavy atom. The third-order valence-electron chi connectivity index (χ3n) is 4.11. The lowest BCUT2D eigenvalue weighted by molar-refractivity contribution is -0.118. The minimum Gasteiger partial charge on any atom is -0.483 e. The first-order valence-electron chi connectivity index (χ1n) is 8.33. The van der Waals surface area contributed by atoms with Crippen LogP contribution < -0.4 is 10.1 Å². The summed E-state index contributed by atoms with van der Waals surface area (Å²) in [5, 5.41) is 10.1. The molecule has 6 heteroatoms. The van der Waals surface area contributed by atoms with Crippen LogP contribution in [0.25, 0.3) is 10.9 Å². The number of amides is 1. The molecule has 0 unspecified atom stereocenters. The van der Waals surface area contributed by atoms with E-state index in [1.165, 1.54) is 5.56 Å². The molecule has 0 aliphatic carbocycles. The second-order valence-corrected chi connectivity index (χ2v) is 5.94. The van der Waals surface area contributed by atoms with Crippen LogP contribution in [-0.2, 0) is 11.3 Å². The van der Waals surface area contributed by atoms with Gasteiger partial charge >= 0.3 is 0 Å². The van der Waals surface area contributed by atoms with Crippen molar-refractivity contribution in [1.82, 2.24) is 14.8 Å². The molecular weight excluding hydrogens is 328 g/mol. The topological polar surface area (TPSA) is 71.9 Å². The zero-order chi connectivity index (χ0) is 17.8. The number of benzene rings is 2. The summed E-state index contributed by atoms with van der Waals surface area (Å²) in [6.07, 6.45) is 5.20. The van der Waals surface area contributed by atoms with Gasteiger partial charge in [-0.15, -0.1) is 0 Å². The lowest BCUT2D eigenvalue weighted by Crippen LogP contribution is -2.19. The molecule has 4 aromatic rings. The van der Waals surface area contributed by atoms with Gasteiger partial charge in [0.15, 0.2) is 6.61 Å². The zero-order valence-corrected chi connectivity index (χ0v) is 14.1. The van der Waals surface area contributed by atoms with Gasteiger partial charge in [0.1, 0.15) is 5.75 Å². The first-order chi connectivity index (χ1) is 12.8. The van der Waals surface area contributed by atoms with Crippen molar-refractivity contribution in [3.05, 3.63) is 78.8 Å². The van der Waals surface area contributed by atoms with Gasteiger partial charge in [0.05, 0.1) is 17.4 Å². The van der Waals surface area contributed by atoms with Gasteiger partial charge in [0.2, 0.25) is 0 Å². The maximum Gasteiger partial charge on any atom is 0.262 e. The van der Waals surface area contributed by atoms with Gasteiger partial charge in [-0.25, -0.2) is 0 Å². The molecule has 0 spiro atoms. The summed E-state index contributed by atoms with van der Waals surface area (Å²) >= 11 is 0. The molecule has 0 saturated heterocycles. The van der Waals surface area contributed by atoms with Crippen LogP contribution in [0.1, 0.15) is 5.56 Å². The molecular formula is C20H18N4O2. The van der Waals surface area contributed by atoms with Crippen LogP contribution in [0.4, 0.5) is 5.69 Å². The number of hydrogen-bond acceptors (Lipinski definition) is 3. The molecule has 2 aromatic heterocycles. The van der Waals surface area contributed by atoms with Crippen LogP contribution in [0.2, 0.25) is 0 Å². The summed E-state index contributed by atoms with van der Waals surface area (Å²) in [4.78, 5) is 12.0. The maximum absolute atomic E-state index is 12.0. The number of aromatic amines is 1. The van der Waals surface area contributed by atoms with Crippen LogP contribution >= 0.6 is 0 Å². The van der Waals surface area contributed by atoms with Crippen molar-refractivity contribution in [3.8, 4) is 5.75 Å². The molecule has 0 aliphatic rings. The highest BCUT2D eigenvalue weighted by Gasteiger charge is 2.09. The maximum atomic E-state index is 12.0. The van der Waals surface area contributed by atoms with Gasteiger partial charge in [-0.3, -0.25) is 9.89 Å². The third kappa shape index (κ3) is 3.44. The molecule has 0 aliphatic heterocycles. The molecule has 2 aromatic carbocycles. The van der Waals surface area contributed by atoms with Crippen molar-refractivity contribution in [2.75, 3.05) is 11.9 Å². The number of carbonyl (C=O) groups excluding carboxylic acids is 1. The van der Waals surface area contributed by atoms with Crippen LogP contribution in [0.5, 0.6) is 5.75 Å². The fraction of sp³-hybridized carbons (Fsp3) is 0.100. The van der Waals surface area contributed by atoms with Gasteiger partial charge < -0.3 is 14.6 Å². The summed E-state index contributed by atoms with van der Waals surface area (Å²) in [6, 6.07) is 18.2. The number of fused-ring (bicyclic) bond motifs is 1. The van der Waals surface area contributed by atoms with Crippen molar-refractivity contribution >= 4 is 22.5 Å². The van der Waals surface area contributed by atoms with Crippen LogP contribution in [0, 0.1) is 0 Å². The second-order valence-electron chi connectivity index (χ2n) is 5.94. The van der Waals surface area contributed by atoms with E-state index in [0.29, 0.717) is 11.4 Å². The second kappa shape index (κ2) is 7.14. The summed E-state index contributed by atoms with van der Waals surface area (Å²) < 4.78 is 7.91. The van der Waals surface area contributed by atoms with Crippen LogP contribution in [0.3, 0.4) is 0 Å². The number of carbonyl (C=O) groups is 1. The molecule has 0 atom stereocenters. The molecule has 1 amide bonds. The molecule has 4 rings (SSSR count). The van der Waals surface area contributed by atoms with Gasteiger partial charge in [-0.05, 0) is 23.8 Å². The van der Waals surface area contributed by atoms with E-state index in [9.17, 15) is 4.79 Å². The SMILES string of the molecule is O=C(COc1cccc2c1ccn2Cc1ccccc1)Nc1cn[nH]c1. The van der Waals surface area contributed by atoms with E-state index in [2.05, 4.69) is 38.3 Å². The number of aromatic nitrogens is 3. The molecule has 0 saturated carbocycles. The summed E-state index contributed by atoms with van der Waals surface area (Å²) in [5.74, 6) is 0.462. The fourth-order valence-corrected chi connectivity index (χ4v) is 2.90. The number of nitrogens with one attached hydrogen (secondary N) is 2. The van der Waals surface area contributed by atoms with Gasteiger partial charge in [-0.1, -0.05) is 36.4 Å². The monoisotopic (exact) mass is 346 g/mol. The number of H-pyrrole nitrogens is 1. The van der Waals surface area contributed by atoms with Gasteiger partial charge in [0.25, 0.3) is 5.91 Å². The molecule has 26 heavy (non-hydrogen) atoms. The predicted molar refractivity (Wildman–Crippen MR) is 100 cm³/mol. The fourth-order valence-electron chi connectivity index (χ4n) is 2.90. The van der Waals surface area contributed by atoms with E-state index in [4.69, 9.17) is 4.74 Å². The van der Waals surface area contributed by atoms with Crippen molar-refractivity contribution in [2.24, 2.45) is 0 Å². The highest BCUT2D eigenvalue weighted by molar-refractivity contribution is 5.92. The minimum absolute atomic E-state index is 0.0614. The molecule has 2 heterocycles. The van der Waals surface area contributed by atoms with Crippen LogP contribution in [0.15, 0.2) is 73.2 Å². The molecule has 0 radical (unpaired) electrons. The van der Waals surface area contributed by atoms with Gasteiger partial charge in [0, 0.05) is 24.3 Å². The molecule has 130 valence electrons. The number of nitrogens with zero attached hydrogens (tertiary/aromatic N) is 2. The van der Waals surface area contributed by atoms with E-state index in [0.717, 1.165) is 17.4 Å². The molecule has 0 fully saturated rings. The Hall–Kier alpha value is -3.54. The highest BCUT2D eigenvalue weighted by atomic mass is 16.5. The lowest BCUT2D eigenvalue weighted by Gasteiger charge is -2.09. The van der Waals surface area contributed by atoms with Crippen molar-refractivity contribution < 1.29 is 9.53 Å². The predicted octanol–water partition coefficient (Wildman–Crippen LogP) is 3.43. The van der Waals surface area contributed by atoms with E-state index in [1.54, 1.807) is 12.4 Å². The standard InChI is InChI=1S/C20H18N4O2/c25-20(23-16-11-21-22-12-16)14-26-19-8-4-7-18-17(19)9-10-24(18)13-15-5-2-1-3-6-15/h1-12H,13-14H2,(H,21,22)(H,23,25). The first kappa shape index (κ1) is 16.0. The number of hydrogen-bond donors (Lipinski definition) is 2. The number of ether oxygens (including phenoxy) is 1. The van der Waals surface area contributed by atoms with E-state index < -0.39 is 0 Å². The molecule has 6 nitrogen and oxygen atoms in total. The Morgan fingerprint density at radius 1 is 1.12 bits per heavy atom. The van der Waals surface area contributed by atoms with E-state index in [1.807, 2.05) is 42.6 Å². The normalized spacial score (nSPS) is 10.8.